The summed E-state index contributed by atoms with van der Waals surface area (Å²) in [5.74, 6) is -0.325. The first-order valence-corrected chi connectivity index (χ1v) is 17.8. The number of piperidine rings is 2. The molecule has 5 rings (SSSR count). The van der Waals surface area contributed by atoms with E-state index in [0.29, 0.717) is 25.6 Å². The molecule has 2 saturated heterocycles. The van der Waals surface area contributed by atoms with E-state index in [1.54, 1.807) is 0 Å². The van der Waals surface area contributed by atoms with Gasteiger partial charge < -0.3 is 14.1 Å². The van der Waals surface area contributed by atoms with Crippen molar-refractivity contribution in [2.75, 3.05) is 13.2 Å². The summed E-state index contributed by atoms with van der Waals surface area (Å²) >= 11 is 0. The minimum absolute atomic E-state index is 0.0198. The molecule has 1 saturated carbocycles. The summed E-state index contributed by atoms with van der Waals surface area (Å²) in [6, 6.07) is 21.9. The van der Waals surface area contributed by atoms with Gasteiger partial charge in [-0.05, 0) is 79.1 Å². The summed E-state index contributed by atoms with van der Waals surface area (Å²) in [4.78, 5) is 29.0. The van der Waals surface area contributed by atoms with Gasteiger partial charge in [-0.15, -0.1) is 0 Å². The lowest BCUT2D eigenvalue weighted by molar-refractivity contribution is -0.170. The van der Waals surface area contributed by atoms with Gasteiger partial charge in [0.1, 0.15) is 5.92 Å². The Morgan fingerprint density at radius 1 is 0.951 bits per heavy atom. The molecule has 5 atom stereocenters. The molecule has 3 aliphatic rings. The minimum atomic E-state index is -2.65. The molecule has 0 aromatic heterocycles. The van der Waals surface area contributed by atoms with E-state index < -0.39 is 14.2 Å². The Balaban J connectivity index is 1.46. The van der Waals surface area contributed by atoms with Crippen molar-refractivity contribution in [2.24, 2.45) is 17.8 Å². The number of amides is 1. The van der Waals surface area contributed by atoms with Crippen LogP contribution in [0.1, 0.15) is 86.0 Å². The molecule has 222 valence electrons. The maximum absolute atomic E-state index is 14.0. The highest BCUT2D eigenvalue weighted by Crippen LogP contribution is 2.53. The molecule has 41 heavy (non-hydrogen) atoms. The van der Waals surface area contributed by atoms with Gasteiger partial charge in [-0.3, -0.25) is 9.59 Å². The Kier molecular flexibility index (Phi) is 8.82. The lowest BCUT2D eigenvalue weighted by atomic mass is 9.69. The fourth-order valence-corrected chi connectivity index (χ4v) is 13.4. The number of nitrogens with zero attached hydrogens (tertiary/aromatic N) is 1. The maximum atomic E-state index is 14.0. The summed E-state index contributed by atoms with van der Waals surface area (Å²) < 4.78 is 12.7. The lowest BCUT2D eigenvalue weighted by Crippen LogP contribution is -2.67. The van der Waals surface area contributed by atoms with Crippen LogP contribution in [-0.4, -0.2) is 49.9 Å². The van der Waals surface area contributed by atoms with E-state index in [-0.39, 0.29) is 34.4 Å². The average molecular weight is 576 g/mol. The van der Waals surface area contributed by atoms with E-state index in [0.717, 1.165) is 44.9 Å². The molecular formula is C35H49NO4Si. The highest BCUT2D eigenvalue weighted by Gasteiger charge is 2.58. The Bertz CT molecular complexity index is 1160. The van der Waals surface area contributed by atoms with Gasteiger partial charge >= 0.3 is 5.97 Å². The van der Waals surface area contributed by atoms with Crippen LogP contribution in [0.4, 0.5) is 0 Å². The van der Waals surface area contributed by atoms with Gasteiger partial charge in [0.05, 0.1) is 6.61 Å². The van der Waals surface area contributed by atoms with Gasteiger partial charge in [0, 0.05) is 18.2 Å². The number of esters is 1. The summed E-state index contributed by atoms with van der Waals surface area (Å²) in [7, 11) is -2.65. The van der Waals surface area contributed by atoms with Crippen LogP contribution in [0.25, 0.3) is 0 Å². The van der Waals surface area contributed by atoms with E-state index in [9.17, 15) is 9.59 Å². The van der Waals surface area contributed by atoms with Gasteiger partial charge in [-0.1, -0.05) is 94.8 Å². The molecule has 3 fully saturated rings. The predicted octanol–water partition coefficient (Wildman–Crippen LogP) is 6.09. The SMILES string of the molecule is CCOC(=O)C1CC[C@@H]2CCC[C@@]3(CCC[C@H]3[C@H](C)CO[Si](c3ccccc3)(c3ccccc3)C(C)(C)C)N2C1=O. The van der Waals surface area contributed by atoms with E-state index >= 15 is 0 Å². The third-order valence-corrected chi connectivity index (χ3v) is 15.4. The van der Waals surface area contributed by atoms with Crippen LogP contribution >= 0.6 is 0 Å². The molecule has 2 heterocycles. The second-order valence-electron chi connectivity index (χ2n) is 13.7. The van der Waals surface area contributed by atoms with Crippen molar-refractivity contribution in [3.05, 3.63) is 60.7 Å². The number of hydrogen-bond donors (Lipinski definition) is 0. The maximum Gasteiger partial charge on any atom is 0.318 e. The molecule has 1 unspecified atom stereocenters. The summed E-state index contributed by atoms with van der Waals surface area (Å²) in [5, 5.41) is 2.52. The lowest BCUT2D eigenvalue weighted by Gasteiger charge is -2.56. The molecule has 2 aromatic rings. The van der Waals surface area contributed by atoms with Gasteiger partial charge in [0.25, 0.3) is 8.32 Å². The van der Waals surface area contributed by atoms with Crippen molar-refractivity contribution in [2.45, 2.75) is 103 Å². The number of carbonyl (C=O) groups excluding carboxylic acids is 2. The van der Waals surface area contributed by atoms with Crippen molar-refractivity contribution in [3.8, 4) is 0 Å². The molecule has 2 aliphatic heterocycles. The highest BCUT2D eigenvalue weighted by molar-refractivity contribution is 6.99. The molecule has 5 nitrogen and oxygen atoms in total. The monoisotopic (exact) mass is 575 g/mol. The van der Waals surface area contributed by atoms with Gasteiger partial charge in [0.2, 0.25) is 5.91 Å². The molecule has 1 aliphatic carbocycles. The number of fused-ring (bicyclic) bond motifs is 2. The van der Waals surface area contributed by atoms with Crippen LogP contribution in [0.3, 0.4) is 0 Å². The first kappa shape index (κ1) is 30.0. The zero-order valence-corrected chi connectivity index (χ0v) is 26.7. The quantitative estimate of drug-likeness (QED) is 0.217. The largest absolute Gasteiger partial charge is 0.465 e. The second-order valence-corrected chi connectivity index (χ2v) is 18.0. The van der Waals surface area contributed by atoms with Crippen LogP contribution in [0.15, 0.2) is 60.7 Å². The van der Waals surface area contributed by atoms with Crippen LogP contribution in [-0.2, 0) is 18.8 Å². The minimum Gasteiger partial charge on any atom is -0.465 e. The normalized spacial score (nSPS) is 27.5. The molecule has 1 amide bonds. The third kappa shape index (κ3) is 5.31. The Morgan fingerprint density at radius 3 is 2.10 bits per heavy atom. The number of rotatable bonds is 8. The van der Waals surface area contributed by atoms with Crippen LogP contribution in [0.5, 0.6) is 0 Å². The first-order valence-electron chi connectivity index (χ1n) is 15.9. The van der Waals surface area contributed by atoms with E-state index in [2.05, 4.69) is 93.3 Å². The molecule has 6 heteroatoms. The van der Waals surface area contributed by atoms with Crippen molar-refractivity contribution < 1.29 is 18.8 Å². The van der Waals surface area contributed by atoms with Crippen molar-refractivity contribution >= 4 is 30.6 Å². The zero-order chi connectivity index (χ0) is 29.3. The second kappa shape index (κ2) is 12.0. The van der Waals surface area contributed by atoms with Crippen LogP contribution in [0, 0.1) is 17.8 Å². The smallest absolute Gasteiger partial charge is 0.318 e. The summed E-state index contributed by atoms with van der Waals surface area (Å²) in [6.07, 6.45) is 7.99. The van der Waals surface area contributed by atoms with Crippen molar-refractivity contribution in [1.29, 1.82) is 0 Å². The molecule has 0 radical (unpaired) electrons. The van der Waals surface area contributed by atoms with E-state index in [4.69, 9.17) is 9.16 Å². The molecule has 1 spiro atoms. The Labute approximate surface area is 248 Å². The third-order valence-electron chi connectivity index (χ3n) is 10.4. The molecule has 2 aromatic carbocycles. The molecular weight excluding hydrogens is 526 g/mol. The zero-order valence-electron chi connectivity index (χ0n) is 25.7. The number of ether oxygens (including phenoxy) is 1. The van der Waals surface area contributed by atoms with Crippen LogP contribution < -0.4 is 10.4 Å². The first-order chi connectivity index (χ1) is 19.7. The number of hydrogen-bond acceptors (Lipinski definition) is 4. The van der Waals surface area contributed by atoms with E-state index in [1.807, 2.05) is 6.92 Å². The van der Waals surface area contributed by atoms with Crippen molar-refractivity contribution in [1.82, 2.24) is 4.90 Å². The van der Waals surface area contributed by atoms with Gasteiger partial charge in [0.15, 0.2) is 0 Å². The topological polar surface area (TPSA) is 55.8 Å². The fourth-order valence-electron chi connectivity index (χ4n) is 8.68. The molecule has 0 N–H and O–H groups in total. The summed E-state index contributed by atoms with van der Waals surface area (Å²) in [5.41, 5.74) is -0.181. The number of benzene rings is 2. The fraction of sp³-hybridized carbons (Fsp3) is 0.600. The van der Waals surface area contributed by atoms with Gasteiger partial charge in [-0.2, -0.15) is 0 Å². The van der Waals surface area contributed by atoms with Gasteiger partial charge in [-0.25, -0.2) is 0 Å². The Morgan fingerprint density at radius 2 is 1.54 bits per heavy atom. The molecule has 0 bridgehead atoms. The average Bonchev–Trinajstić information content (AvgIpc) is 3.37. The van der Waals surface area contributed by atoms with Crippen LogP contribution in [0.2, 0.25) is 5.04 Å². The number of carbonyl (C=O) groups is 2. The standard InChI is InChI=1S/C35H49NO4Si/c1-6-39-33(38)30-22-21-27-15-13-23-35(36(27)32(30)37)24-14-20-31(35)26(2)25-40-41(34(3,4)5,28-16-9-7-10-17-28)29-18-11-8-12-19-29/h7-12,16-19,26-27,30-31H,6,13-15,20-25H2,1-5H3/t26-,27+,30?,31+,35+/m1/s1. The Hall–Kier alpha value is -2.44. The summed E-state index contributed by atoms with van der Waals surface area (Å²) in [6.45, 7) is 12.1. The van der Waals surface area contributed by atoms with E-state index in [1.165, 1.54) is 10.4 Å². The predicted molar refractivity (Wildman–Crippen MR) is 167 cm³/mol. The highest BCUT2D eigenvalue weighted by atomic mass is 28.4. The van der Waals surface area contributed by atoms with Crippen molar-refractivity contribution in [3.63, 3.8) is 0 Å².